The second kappa shape index (κ2) is 5.74. The highest BCUT2D eigenvalue weighted by Gasteiger charge is 2.02. The summed E-state index contributed by atoms with van der Waals surface area (Å²) in [4.78, 5) is 21.3. The van der Waals surface area contributed by atoms with Crippen molar-refractivity contribution >= 4 is 12.0 Å². The predicted octanol–water partition coefficient (Wildman–Crippen LogP) is -0.306. The number of hydrogen-bond donors (Lipinski definition) is 3. The van der Waals surface area contributed by atoms with E-state index in [1.807, 2.05) is 0 Å². The molecule has 0 bridgehead atoms. The SMILES string of the molecule is Cn1cc(CNC(=O)NCCC(=O)O)cn1. The van der Waals surface area contributed by atoms with Gasteiger partial charge in [0.1, 0.15) is 0 Å². The maximum absolute atomic E-state index is 11.2. The van der Waals surface area contributed by atoms with E-state index < -0.39 is 5.97 Å². The number of rotatable bonds is 5. The maximum atomic E-state index is 11.2. The molecule has 1 aromatic heterocycles. The fourth-order valence-electron chi connectivity index (χ4n) is 1.09. The Hall–Kier alpha value is -2.05. The first-order chi connectivity index (χ1) is 7.58. The fraction of sp³-hybridized carbons (Fsp3) is 0.444. The summed E-state index contributed by atoms with van der Waals surface area (Å²) in [5.74, 6) is -0.937. The molecular formula is C9H14N4O3. The summed E-state index contributed by atoms with van der Waals surface area (Å²) in [6.45, 7) is 0.487. The van der Waals surface area contributed by atoms with E-state index in [9.17, 15) is 9.59 Å². The van der Waals surface area contributed by atoms with E-state index >= 15 is 0 Å². The lowest BCUT2D eigenvalue weighted by atomic mass is 10.4. The van der Waals surface area contributed by atoms with Crippen LogP contribution >= 0.6 is 0 Å². The van der Waals surface area contributed by atoms with Gasteiger partial charge >= 0.3 is 12.0 Å². The molecule has 0 spiro atoms. The molecule has 0 aromatic carbocycles. The van der Waals surface area contributed by atoms with E-state index in [0.717, 1.165) is 5.56 Å². The molecule has 2 amide bonds. The topological polar surface area (TPSA) is 96.2 Å². The van der Waals surface area contributed by atoms with Crippen LogP contribution in [0.25, 0.3) is 0 Å². The van der Waals surface area contributed by atoms with E-state index in [1.54, 1.807) is 24.1 Å². The van der Waals surface area contributed by atoms with Crippen LogP contribution in [0.15, 0.2) is 12.4 Å². The molecular weight excluding hydrogens is 212 g/mol. The van der Waals surface area contributed by atoms with Gasteiger partial charge in [0, 0.05) is 31.9 Å². The van der Waals surface area contributed by atoms with Crippen LogP contribution in [0.4, 0.5) is 4.79 Å². The van der Waals surface area contributed by atoms with Gasteiger partial charge < -0.3 is 15.7 Å². The van der Waals surface area contributed by atoms with Crippen LogP contribution in [0.5, 0.6) is 0 Å². The molecule has 0 fully saturated rings. The van der Waals surface area contributed by atoms with Crippen molar-refractivity contribution in [1.29, 1.82) is 0 Å². The van der Waals surface area contributed by atoms with Gasteiger partial charge in [0.15, 0.2) is 0 Å². The van der Waals surface area contributed by atoms with Crippen LogP contribution in [0.1, 0.15) is 12.0 Å². The zero-order chi connectivity index (χ0) is 12.0. The molecule has 0 aliphatic rings. The van der Waals surface area contributed by atoms with Gasteiger partial charge in [0.05, 0.1) is 12.6 Å². The fourth-order valence-corrected chi connectivity index (χ4v) is 1.09. The number of aliphatic carboxylic acids is 1. The Morgan fingerprint density at radius 2 is 2.25 bits per heavy atom. The van der Waals surface area contributed by atoms with Gasteiger partial charge in [-0.3, -0.25) is 9.48 Å². The van der Waals surface area contributed by atoms with Crippen LogP contribution in [0, 0.1) is 0 Å². The van der Waals surface area contributed by atoms with Crippen molar-refractivity contribution < 1.29 is 14.7 Å². The summed E-state index contributed by atoms with van der Waals surface area (Å²) in [7, 11) is 1.79. The molecule has 0 aliphatic heterocycles. The Morgan fingerprint density at radius 1 is 1.50 bits per heavy atom. The van der Waals surface area contributed by atoms with Crippen LogP contribution in [-0.4, -0.2) is 33.4 Å². The Morgan fingerprint density at radius 3 is 2.81 bits per heavy atom. The second-order valence-electron chi connectivity index (χ2n) is 3.28. The van der Waals surface area contributed by atoms with Crippen LogP contribution in [0.3, 0.4) is 0 Å². The molecule has 0 aliphatic carbocycles. The first-order valence-corrected chi connectivity index (χ1v) is 4.79. The highest BCUT2D eigenvalue weighted by molar-refractivity contribution is 5.74. The van der Waals surface area contributed by atoms with Gasteiger partial charge in [-0.15, -0.1) is 0 Å². The van der Waals surface area contributed by atoms with Gasteiger partial charge in [0.2, 0.25) is 0 Å². The first-order valence-electron chi connectivity index (χ1n) is 4.79. The zero-order valence-electron chi connectivity index (χ0n) is 8.93. The number of carbonyl (C=O) groups excluding carboxylic acids is 1. The summed E-state index contributed by atoms with van der Waals surface area (Å²) in [6, 6.07) is -0.384. The highest BCUT2D eigenvalue weighted by Crippen LogP contribution is 1.94. The number of urea groups is 1. The lowest BCUT2D eigenvalue weighted by molar-refractivity contribution is -0.136. The maximum Gasteiger partial charge on any atom is 0.315 e. The summed E-state index contributed by atoms with van der Waals surface area (Å²) in [5.41, 5.74) is 0.885. The normalized spacial score (nSPS) is 9.81. The molecule has 7 heteroatoms. The molecule has 0 saturated heterocycles. The van der Waals surface area contributed by atoms with Crippen molar-refractivity contribution in [3.63, 3.8) is 0 Å². The summed E-state index contributed by atoms with van der Waals surface area (Å²) >= 11 is 0. The Labute approximate surface area is 92.4 Å². The molecule has 0 saturated carbocycles. The summed E-state index contributed by atoms with van der Waals surface area (Å²) in [6.07, 6.45) is 3.36. The molecule has 16 heavy (non-hydrogen) atoms. The number of carboxylic acids is 1. The van der Waals surface area contributed by atoms with Crippen molar-refractivity contribution in [2.24, 2.45) is 7.05 Å². The second-order valence-corrected chi connectivity index (χ2v) is 3.28. The minimum absolute atomic E-state index is 0.0830. The predicted molar refractivity (Wildman–Crippen MR) is 55.7 cm³/mol. The Kier molecular flexibility index (Phi) is 4.31. The average molecular weight is 226 g/mol. The highest BCUT2D eigenvalue weighted by atomic mass is 16.4. The van der Waals surface area contributed by atoms with Gasteiger partial charge in [0.25, 0.3) is 0 Å². The standard InChI is InChI=1S/C9H14N4O3/c1-13-6-7(5-12-13)4-11-9(16)10-3-2-8(14)15/h5-6H,2-4H2,1H3,(H,14,15)(H2,10,11,16). The van der Waals surface area contributed by atoms with Crippen molar-refractivity contribution in [3.05, 3.63) is 18.0 Å². The van der Waals surface area contributed by atoms with Crippen molar-refractivity contribution in [2.45, 2.75) is 13.0 Å². The molecule has 3 N–H and O–H groups in total. The van der Waals surface area contributed by atoms with E-state index in [0.29, 0.717) is 6.54 Å². The average Bonchev–Trinajstić information content (AvgIpc) is 2.61. The van der Waals surface area contributed by atoms with Crippen molar-refractivity contribution in [1.82, 2.24) is 20.4 Å². The van der Waals surface area contributed by atoms with E-state index in [4.69, 9.17) is 5.11 Å². The molecule has 0 atom stereocenters. The Balaban J connectivity index is 2.17. The number of aryl methyl sites for hydroxylation is 1. The minimum atomic E-state index is -0.937. The number of nitrogens with zero attached hydrogens (tertiary/aromatic N) is 2. The summed E-state index contributed by atoms with van der Waals surface area (Å²) in [5, 5.41) is 17.3. The van der Waals surface area contributed by atoms with Gasteiger partial charge in [-0.2, -0.15) is 5.10 Å². The van der Waals surface area contributed by atoms with E-state index in [2.05, 4.69) is 15.7 Å². The quantitative estimate of drug-likeness (QED) is 0.642. The molecule has 0 radical (unpaired) electrons. The van der Waals surface area contributed by atoms with Gasteiger partial charge in [-0.25, -0.2) is 4.79 Å². The third-order valence-corrected chi connectivity index (χ3v) is 1.84. The lowest BCUT2D eigenvalue weighted by Gasteiger charge is -2.04. The monoisotopic (exact) mass is 226 g/mol. The van der Waals surface area contributed by atoms with Crippen molar-refractivity contribution in [3.8, 4) is 0 Å². The molecule has 1 rings (SSSR count). The molecule has 0 unspecified atom stereocenters. The van der Waals surface area contributed by atoms with E-state index in [-0.39, 0.29) is 19.0 Å². The number of carboxylic acid groups (broad SMARTS) is 1. The number of hydrogen-bond acceptors (Lipinski definition) is 3. The van der Waals surface area contributed by atoms with Crippen LogP contribution in [0.2, 0.25) is 0 Å². The van der Waals surface area contributed by atoms with Crippen LogP contribution in [-0.2, 0) is 18.4 Å². The Bertz CT molecular complexity index is 375. The minimum Gasteiger partial charge on any atom is -0.481 e. The largest absolute Gasteiger partial charge is 0.481 e. The first kappa shape index (κ1) is 12.0. The van der Waals surface area contributed by atoms with E-state index in [1.165, 1.54) is 0 Å². The third kappa shape index (κ3) is 4.45. The van der Waals surface area contributed by atoms with Crippen LogP contribution < -0.4 is 10.6 Å². The van der Waals surface area contributed by atoms with Crippen molar-refractivity contribution in [2.75, 3.05) is 6.54 Å². The lowest BCUT2D eigenvalue weighted by Crippen LogP contribution is -2.36. The molecule has 1 aromatic rings. The third-order valence-electron chi connectivity index (χ3n) is 1.84. The number of amides is 2. The number of carbonyl (C=O) groups is 2. The number of nitrogens with one attached hydrogen (secondary N) is 2. The molecule has 88 valence electrons. The molecule has 7 nitrogen and oxygen atoms in total. The zero-order valence-corrected chi connectivity index (χ0v) is 8.93. The van der Waals surface area contributed by atoms with Gasteiger partial charge in [-0.1, -0.05) is 0 Å². The van der Waals surface area contributed by atoms with Gasteiger partial charge in [-0.05, 0) is 0 Å². The molecule has 1 heterocycles. The summed E-state index contributed by atoms with van der Waals surface area (Å²) < 4.78 is 1.64. The number of aromatic nitrogens is 2. The smallest absolute Gasteiger partial charge is 0.315 e.